The van der Waals surface area contributed by atoms with Gasteiger partial charge in [-0.2, -0.15) is 0 Å². The molecule has 3 N–H and O–H groups in total. The quantitative estimate of drug-likeness (QED) is 0.690. The maximum Gasteiger partial charge on any atom is 0.340 e. The molecule has 1 saturated carbocycles. The molecule has 1 aliphatic heterocycles. The van der Waals surface area contributed by atoms with E-state index in [0.29, 0.717) is 6.42 Å². The van der Waals surface area contributed by atoms with Crippen LogP contribution < -0.4 is 16.3 Å². The molecule has 8 nitrogen and oxygen atoms in total. The van der Waals surface area contributed by atoms with Crippen LogP contribution in [-0.2, 0) is 9.53 Å². The molecular weight excluding hydrogens is 352 g/mol. The third-order valence-corrected chi connectivity index (χ3v) is 5.12. The Hall–Kier alpha value is -2.35. The lowest BCUT2D eigenvalue weighted by Gasteiger charge is -2.29. The Kier molecular flexibility index (Phi) is 6.49. The van der Waals surface area contributed by atoms with Crippen LogP contribution in [0.2, 0.25) is 0 Å². The van der Waals surface area contributed by atoms with Crippen molar-refractivity contribution < 1.29 is 23.8 Å². The summed E-state index contributed by atoms with van der Waals surface area (Å²) in [5.41, 5.74) is -0.769. The number of hydrogen-bond acceptors (Lipinski definition) is 6. The lowest BCUT2D eigenvalue weighted by Crippen LogP contribution is -2.44. The number of nitrogens with one attached hydrogen (secondary N) is 2. The van der Waals surface area contributed by atoms with Crippen molar-refractivity contribution in [2.45, 2.75) is 69.6 Å². The van der Waals surface area contributed by atoms with Crippen LogP contribution in [0, 0.1) is 0 Å². The van der Waals surface area contributed by atoms with Crippen molar-refractivity contribution in [2.75, 3.05) is 6.61 Å². The van der Waals surface area contributed by atoms with Gasteiger partial charge in [-0.1, -0.05) is 0 Å². The SMILES string of the molecule is O=C(CC[C@@H]1CCCO1)NC1CCC(NC(=O)c2cc(O)cc(=O)o2)CC1. The molecule has 2 fully saturated rings. The number of amides is 2. The van der Waals surface area contributed by atoms with Gasteiger partial charge in [0.15, 0.2) is 5.76 Å². The maximum atomic E-state index is 12.2. The fourth-order valence-corrected chi connectivity index (χ4v) is 3.68. The van der Waals surface area contributed by atoms with Crippen LogP contribution in [0.5, 0.6) is 5.75 Å². The van der Waals surface area contributed by atoms with Gasteiger partial charge in [0.05, 0.1) is 12.2 Å². The van der Waals surface area contributed by atoms with E-state index < -0.39 is 11.5 Å². The molecule has 1 aromatic heterocycles. The number of ether oxygens (including phenoxy) is 1. The molecule has 0 unspecified atom stereocenters. The van der Waals surface area contributed by atoms with Gasteiger partial charge in [0.1, 0.15) is 5.75 Å². The number of carbonyl (C=O) groups is 2. The molecule has 8 heteroatoms. The lowest BCUT2D eigenvalue weighted by molar-refractivity contribution is -0.122. The van der Waals surface area contributed by atoms with Gasteiger partial charge in [0.2, 0.25) is 5.91 Å². The van der Waals surface area contributed by atoms with Crippen LogP contribution in [0.15, 0.2) is 21.3 Å². The van der Waals surface area contributed by atoms with Gasteiger partial charge in [-0.15, -0.1) is 0 Å². The van der Waals surface area contributed by atoms with E-state index >= 15 is 0 Å². The molecule has 27 heavy (non-hydrogen) atoms. The third kappa shape index (κ3) is 5.82. The summed E-state index contributed by atoms with van der Waals surface area (Å²) in [6.45, 7) is 0.800. The molecule has 2 aliphatic rings. The second-order valence-electron chi connectivity index (χ2n) is 7.26. The fourth-order valence-electron chi connectivity index (χ4n) is 3.68. The summed E-state index contributed by atoms with van der Waals surface area (Å²) < 4.78 is 10.3. The molecule has 1 atom stereocenters. The highest BCUT2D eigenvalue weighted by Crippen LogP contribution is 2.20. The predicted molar refractivity (Wildman–Crippen MR) is 96.5 cm³/mol. The average molecular weight is 378 g/mol. The summed E-state index contributed by atoms with van der Waals surface area (Å²) in [4.78, 5) is 35.5. The van der Waals surface area contributed by atoms with Crippen LogP contribution in [0.3, 0.4) is 0 Å². The zero-order chi connectivity index (χ0) is 19.2. The predicted octanol–water partition coefficient (Wildman–Crippen LogP) is 1.46. The van der Waals surface area contributed by atoms with E-state index in [9.17, 15) is 19.5 Å². The first-order chi connectivity index (χ1) is 13.0. The van der Waals surface area contributed by atoms with Gasteiger partial charge in [0.25, 0.3) is 5.91 Å². The fraction of sp³-hybridized carbons (Fsp3) is 0.632. The molecule has 2 heterocycles. The number of rotatable bonds is 6. The van der Waals surface area contributed by atoms with E-state index in [1.807, 2.05) is 0 Å². The molecule has 3 rings (SSSR count). The Morgan fingerprint density at radius 3 is 2.41 bits per heavy atom. The van der Waals surface area contributed by atoms with Crippen LogP contribution in [0.25, 0.3) is 0 Å². The summed E-state index contributed by atoms with van der Waals surface area (Å²) in [5, 5.41) is 15.3. The summed E-state index contributed by atoms with van der Waals surface area (Å²) in [6, 6.07) is 2.10. The van der Waals surface area contributed by atoms with Crippen LogP contribution in [0.4, 0.5) is 0 Å². The van der Waals surface area contributed by atoms with E-state index in [2.05, 4.69) is 10.6 Å². The summed E-state index contributed by atoms with van der Waals surface area (Å²) >= 11 is 0. The lowest BCUT2D eigenvalue weighted by atomic mass is 9.91. The molecule has 2 amide bonds. The van der Waals surface area contributed by atoms with Crippen LogP contribution in [0.1, 0.15) is 61.9 Å². The first kappa shape index (κ1) is 19.4. The molecule has 0 radical (unpaired) electrons. The van der Waals surface area contributed by atoms with Crippen molar-refractivity contribution >= 4 is 11.8 Å². The van der Waals surface area contributed by atoms with Crippen molar-refractivity contribution in [3.05, 3.63) is 28.3 Å². The van der Waals surface area contributed by atoms with Gasteiger partial charge < -0.3 is 24.9 Å². The molecule has 1 aliphatic carbocycles. The second-order valence-corrected chi connectivity index (χ2v) is 7.26. The first-order valence-electron chi connectivity index (χ1n) is 9.55. The van der Waals surface area contributed by atoms with Gasteiger partial charge in [-0.3, -0.25) is 9.59 Å². The Morgan fingerprint density at radius 1 is 1.07 bits per heavy atom. The van der Waals surface area contributed by atoms with Crippen molar-refractivity contribution in [3.8, 4) is 5.75 Å². The van der Waals surface area contributed by atoms with Crippen molar-refractivity contribution in [1.29, 1.82) is 0 Å². The average Bonchev–Trinajstić information content (AvgIpc) is 3.14. The third-order valence-electron chi connectivity index (χ3n) is 5.12. The Bertz CT molecular complexity index is 717. The van der Waals surface area contributed by atoms with Crippen LogP contribution in [-0.4, -0.2) is 41.7 Å². The minimum Gasteiger partial charge on any atom is -0.508 e. The molecule has 0 aromatic carbocycles. The van der Waals surface area contributed by atoms with Crippen molar-refractivity contribution in [3.63, 3.8) is 0 Å². The van der Waals surface area contributed by atoms with Crippen molar-refractivity contribution in [2.24, 2.45) is 0 Å². The number of carbonyl (C=O) groups excluding carboxylic acids is 2. The summed E-state index contributed by atoms with van der Waals surface area (Å²) in [7, 11) is 0. The smallest absolute Gasteiger partial charge is 0.340 e. The minimum atomic E-state index is -0.769. The highest BCUT2D eigenvalue weighted by Gasteiger charge is 2.25. The molecular formula is C19H26N2O6. The highest BCUT2D eigenvalue weighted by molar-refractivity contribution is 5.91. The van der Waals surface area contributed by atoms with E-state index in [1.54, 1.807) is 0 Å². The molecule has 148 valence electrons. The van der Waals surface area contributed by atoms with E-state index in [1.165, 1.54) is 0 Å². The molecule has 0 spiro atoms. The number of hydrogen-bond donors (Lipinski definition) is 3. The topological polar surface area (TPSA) is 118 Å². The maximum absolute atomic E-state index is 12.2. The molecule has 0 bridgehead atoms. The first-order valence-corrected chi connectivity index (χ1v) is 9.55. The Labute approximate surface area is 157 Å². The van der Waals surface area contributed by atoms with Gasteiger partial charge >= 0.3 is 5.63 Å². The monoisotopic (exact) mass is 378 g/mol. The number of aromatic hydroxyl groups is 1. The zero-order valence-corrected chi connectivity index (χ0v) is 15.2. The Morgan fingerprint density at radius 2 is 1.78 bits per heavy atom. The van der Waals surface area contributed by atoms with E-state index in [4.69, 9.17) is 9.15 Å². The molecule has 1 saturated heterocycles. The minimum absolute atomic E-state index is 0.0507. The van der Waals surface area contributed by atoms with Gasteiger partial charge in [-0.25, -0.2) is 4.79 Å². The van der Waals surface area contributed by atoms with E-state index in [0.717, 1.165) is 63.7 Å². The normalized spacial score (nSPS) is 25.1. The van der Waals surface area contributed by atoms with Crippen LogP contribution >= 0.6 is 0 Å². The second kappa shape index (κ2) is 9.03. The van der Waals surface area contributed by atoms with Gasteiger partial charge in [-0.05, 0) is 44.9 Å². The van der Waals surface area contributed by atoms with Crippen molar-refractivity contribution in [1.82, 2.24) is 10.6 Å². The largest absolute Gasteiger partial charge is 0.508 e. The highest BCUT2D eigenvalue weighted by atomic mass is 16.5. The molecule has 1 aromatic rings. The zero-order valence-electron chi connectivity index (χ0n) is 15.2. The Balaban J connectivity index is 1.38. The standard InChI is InChI=1S/C19H26N2O6/c22-14-10-16(27-18(24)11-14)19(25)21-13-5-3-12(4-6-13)20-17(23)8-7-15-2-1-9-26-15/h10-13,15,22H,1-9H2,(H,20,23)(H,21,25)/t12?,13?,15-/m0/s1. The summed E-state index contributed by atoms with van der Waals surface area (Å²) in [6.07, 6.45) is 6.60. The van der Waals surface area contributed by atoms with Gasteiger partial charge in [0, 0.05) is 31.2 Å². The van der Waals surface area contributed by atoms with E-state index in [-0.39, 0.29) is 35.6 Å². The summed E-state index contributed by atoms with van der Waals surface area (Å²) in [5.74, 6) is -0.970.